The van der Waals surface area contributed by atoms with E-state index in [0.717, 1.165) is 16.8 Å². The molecule has 1 saturated heterocycles. The first-order chi connectivity index (χ1) is 14.5. The maximum Gasteiger partial charge on any atom is 0.265 e. The Kier molecular flexibility index (Phi) is 6.09. The summed E-state index contributed by atoms with van der Waals surface area (Å²) in [7, 11) is 0. The maximum absolute atomic E-state index is 12.9. The van der Waals surface area contributed by atoms with E-state index < -0.39 is 12.5 Å². The largest absolute Gasteiger partial charge is 0.477 e. The van der Waals surface area contributed by atoms with E-state index in [0.29, 0.717) is 50.3 Å². The number of hydrogen-bond acceptors (Lipinski definition) is 7. The Morgan fingerprint density at radius 1 is 1.37 bits per heavy atom. The molecule has 162 valence electrons. The number of hydrogen-bond donors (Lipinski definition) is 2. The minimum atomic E-state index is -2.46. The minimum Gasteiger partial charge on any atom is -0.477 e. The van der Waals surface area contributed by atoms with Crippen LogP contribution >= 0.6 is 0 Å². The van der Waals surface area contributed by atoms with Gasteiger partial charge in [0, 0.05) is 25.8 Å². The van der Waals surface area contributed by atoms with Crippen molar-refractivity contribution in [1.29, 1.82) is 0 Å². The number of ether oxygens (including phenoxy) is 2. The maximum atomic E-state index is 12.9. The molecule has 9 nitrogen and oxygen atoms in total. The van der Waals surface area contributed by atoms with Gasteiger partial charge in [-0.2, -0.15) is 15.1 Å². The van der Waals surface area contributed by atoms with E-state index in [-0.39, 0.29) is 6.54 Å². The number of anilines is 2. The molecule has 4 rings (SSSR count). The Labute approximate surface area is 172 Å². The highest BCUT2D eigenvalue weighted by molar-refractivity contribution is 5.82. The fourth-order valence-corrected chi connectivity index (χ4v) is 3.45. The fraction of sp³-hybridized carbons (Fsp3) is 0.526. The zero-order chi connectivity index (χ0) is 21.1. The van der Waals surface area contributed by atoms with Crippen LogP contribution in [0.15, 0.2) is 18.5 Å². The van der Waals surface area contributed by atoms with Crippen molar-refractivity contribution in [1.82, 2.24) is 29.6 Å². The molecule has 1 fully saturated rings. The van der Waals surface area contributed by atoms with E-state index in [1.165, 1.54) is 0 Å². The van der Waals surface area contributed by atoms with Crippen LogP contribution in [0.5, 0.6) is 5.88 Å². The third kappa shape index (κ3) is 4.36. The van der Waals surface area contributed by atoms with Crippen LogP contribution in [0.25, 0.3) is 11.0 Å². The molecular weight excluding hydrogens is 396 g/mol. The Morgan fingerprint density at radius 2 is 2.23 bits per heavy atom. The Bertz CT molecular complexity index is 991. The van der Waals surface area contributed by atoms with Gasteiger partial charge in [-0.15, -0.1) is 0 Å². The van der Waals surface area contributed by atoms with Crippen LogP contribution in [0.1, 0.15) is 12.6 Å². The molecule has 3 aromatic rings. The van der Waals surface area contributed by atoms with Gasteiger partial charge in [-0.1, -0.05) is 0 Å². The Hall–Kier alpha value is -2.79. The van der Waals surface area contributed by atoms with Gasteiger partial charge in [-0.25, -0.2) is 8.78 Å². The second-order valence-corrected chi connectivity index (χ2v) is 7.06. The summed E-state index contributed by atoms with van der Waals surface area (Å²) in [6.07, 6.45) is 0.0150. The molecule has 0 aliphatic carbocycles. The van der Waals surface area contributed by atoms with Gasteiger partial charge in [0.2, 0.25) is 11.8 Å². The van der Waals surface area contributed by atoms with E-state index in [4.69, 9.17) is 9.47 Å². The molecule has 11 heteroatoms. The number of rotatable bonds is 8. The lowest BCUT2D eigenvalue weighted by Gasteiger charge is -2.32. The molecule has 0 spiro atoms. The van der Waals surface area contributed by atoms with Crippen LogP contribution < -0.4 is 10.1 Å². The van der Waals surface area contributed by atoms with Crippen molar-refractivity contribution >= 4 is 22.7 Å². The first-order valence-corrected chi connectivity index (χ1v) is 9.94. The molecule has 30 heavy (non-hydrogen) atoms. The van der Waals surface area contributed by atoms with Crippen LogP contribution in [0.2, 0.25) is 0 Å². The van der Waals surface area contributed by atoms with Crippen molar-refractivity contribution in [2.45, 2.75) is 32.9 Å². The van der Waals surface area contributed by atoms with Crippen molar-refractivity contribution in [2.75, 3.05) is 38.2 Å². The Balaban J connectivity index is 1.43. The topological polar surface area (TPSA) is 93.1 Å². The SMILES string of the molecule is CCOc1nc(Nc2cnn(CCN3CCO[C@H](C(F)F)C3)c2C)nc2[nH]ccc12. The molecule has 1 aliphatic rings. The van der Waals surface area contributed by atoms with Gasteiger partial charge < -0.3 is 19.8 Å². The average molecular weight is 421 g/mol. The van der Waals surface area contributed by atoms with Crippen molar-refractivity contribution in [3.8, 4) is 5.88 Å². The van der Waals surface area contributed by atoms with Crippen LogP contribution in [0.3, 0.4) is 0 Å². The molecule has 1 aliphatic heterocycles. The molecule has 1 atom stereocenters. The molecule has 0 unspecified atom stereocenters. The number of alkyl halides is 2. The molecule has 0 radical (unpaired) electrons. The number of fused-ring (bicyclic) bond motifs is 1. The zero-order valence-electron chi connectivity index (χ0n) is 16.9. The summed E-state index contributed by atoms with van der Waals surface area (Å²) in [5, 5.41) is 8.43. The lowest BCUT2D eigenvalue weighted by molar-refractivity contribution is -0.102. The monoisotopic (exact) mass is 421 g/mol. The highest BCUT2D eigenvalue weighted by atomic mass is 19.3. The summed E-state index contributed by atoms with van der Waals surface area (Å²) < 4.78 is 38.3. The van der Waals surface area contributed by atoms with Crippen molar-refractivity contribution in [2.24, 2.45) is 0 Å². The van der Waals surface area contributed by atoms with Gasteiger partial charge in [0.15, 0.2) is 0 Å². The van der Waals surface area contributed by atoms with E-state index in [1.807, 2.05) is 29.5 Å². The third-order valence-corrected chi connectivity index (χ3v) is 5.10. The smallest absolute Gasteiger partial charge is 0.265 e. The highest BCUT2D eigenvalue weighted by Gasteiger charge is 2.27. The fourth-order valence-electron chi connectivity index (χ4n) is 3.45. The predicted octanol–water partition coefficient (Wildman–Crippen LogP) is 2.57. The summed E-state index contributed by atoms with van der Waals surface area (Å²) in [6, 6.07) is 1.87. The van der Waals surface area contributed by atoms with Gasteiger partial charge in [-0.05, 0) is 19.9 Å². The normalized spacial score (nSPS) is 17.7. The summed E-state index contributed by atoms with van der Waals surface area (Å²) >= 11 is 0. The predicted molar refractivity (Wildman–Crippen MR) is 107 cm³/mol. The average Bonchev–Trinajstić information content (AvgIpc) is 3.34. The van der Waals surface area contributed by atoms with E-state index in [1.54, 1.807) is 12.4 Å². The first-order valence-electron chi connectivity index (χ1n) is 9.94. The van der Waals surface area contributed by atoms with Gasteiger partial charge in [-0.3, -0.25) is 9.58 Å². The van der Waals surface area contributed by atoms with Crippen molar-refractivity contribution in [3.05, 3.63) is 24.2 Å². The highest BCUT2D eigenvalue weighted by Crippen LogP contribution is 2.25. The Morgan fingerprint density at radius 3 is 3.03 bits per heavy atom. The number of H-pyrrole nitrogens is 1. The molecule has 0 bridgehead atoms. The van der Waals surface area contributed by atoms with E-state index >= 15 is 0 Å². The first kappa shape index (κ1) is 20.5. The summed E-state index contributed by atoms with van der Waals surface area (Å²) in [4.78, 5) is 14.0. The minimum absolute atomic E-state index is 0.229. The second kappa shape index (κ2) is 8.92. The lowest BCUT2D eigenvalue weighted by atomic mass is 10.3. The molecule has 0 amide bonds. The molecule has 2 N–H and O–H groups in total. The number of nitrogens with zero attached hydrogens (tertiary/aromatic N) is 5. The summed E-state index contributed by atoms with van der Waals surface area (Å²) in [5.74, 6) is 0.918. The summed E-state index contributed by atoms with van der Waals surface area (Å²) in [6.45, 7) is 6.74. The number of aromatic amines is 1. The van der Waals surface area contributed by atoms with E-state index in [2.05, 4.69) is 25.4 Å². The molecule has 3 aromatic heterocycles. The van der Waals surface area contributed by atoms with Crippen molar-refractivity contribution < 1.29 is 18.3 Å². The quantitative estimate of drug-likeness (QED) is 0.577. The van der Waals surface area contributed by atoms with Gasteiger partial charge in [0.25, 0.3) is 6.43 Å². The van der Waals surface area contributed by atoms with E-state index in [9.17, 15) is 8.78 Å². The summed E-state index contributed by atoms with van der Waals surface area (Å²) in [5.41, 5.74) is 2.36. The van der Waals surface area contributed by atoms with Crippen molar-refractivity contribution in [3.63, 3.8) is 0 Å². The molecule has 0 saturated carbocycles. The van der Waals surface area contributed by atoms with Crippen LogP contribution in [0, 0.1) is 6.92 Å². The van der Waals surface area contributed by atoms with Crippen LogP contribution in [-0.4, -0.2) is 75.0 Å². The second-order valence-electron chi connectivity index (χ2n) is 7.06. The number of morpholine rings is 1. The lowest BCUT2D eigenvalue weighted by Crippen LogP contribution is -2.46. The van der Waals surface area contributed by atoms with Gasteiger partial charge >= 0.3 is 0 Å². The number of halogens is 2. The van der Waals surface area contributed by atoms with Crippen LogP contribution in [-0.2, 0) is 11.3 Å². The van der Waals surface area contributed by atoms with Gasteiger partial charge in [0.1, 0.15) is 11.8 Å². The molecular formula is C19H25F2N7O2. The molecule has 0 aromatic carbocycles. The zero-order valence-corrected chi connectivity index (χ0v) is 16.9. The van der Waals surface area contributed by atoms with Gasteiger partial charge in [0.05, 0.1) is 42.7 Å². The standard InChI is InChI=1S/C19H25F2N7O2/c1-3-29-18-13-4-5-22-17(13)25-19(26-18)24-14-10-23-28(12(14)2)7-6-27-8-9-30-15(11-27)16(20)21/h4-5,10,15-16H,3,6-9,11H2,1-2H3,(H2,22,24,25,26)/t15-/m0/s1. The molecule has 4 heterocycles. The number of aromatic nitrogens is 5. The number of nitrogens with one attached hydrogen (secondary N) is 2. The third-order valence-electron chi connectivity index (χ3n) is 5.10. The van der Waals surface area contributed by atoms with Crippen LogP contribution in [0.4, 0.5) is 20.4 Å².